The number of phosphoric ester groups is 2. The summed E-state index contributed by atoms with van der Waals surface area (Å²) in [6.07, 6.45) is 59.6. The van der Waals surface area contributed by atoms with Crippen LogP contribution in [0.5, 0.6) is 0 Å². The van der Waals surface area contributed by atoms with Crippen LogP contribution < -0.4 is 0 Å². The first-order valence-electron chi connectivity index (χ1n) is 42.7. The SMILES string of the molecule is CC(C)CCCCCCCCCCCCCCCCCCC(=O)O[C@H](COC(=O)CCCCCCCCCCCCCCCCC(C)C)COP(=O)(O)OC[C@@H](O)COP(=O)(O)OC[C@@H](COC(=O)CCCCCCCCCCCCC(C)C)OC(=O)CCCCCCCCCCCCC(C)C. The predicted octanol–water partition coefficient (Wildman–Crippen LogP) is 24.8. The van der Waals surface area contributed by atoms with Gasteiger partial charge in [0.2, 0.25) is 0 Å². The number of phosphoric acid groups is 2. The monoisotopic (exact) mass is 1490 g/mol. The van der Waals surface area contributed by atoms with Gasteiger partial charge in [0.15, 0.2) is 12.2 Å². The molecule has 0 aromatic carbocycles. The van der Waals surface area contributed by atoms with E-state index in [1.807, 2.05) is 0 Å². The largest absolute Gasteiger partial charge is 0.472 e. The van der Waals surface area contributed by atoms with Crippen molar-refractivity contribution in [3.63, 3.8) is 0 Å². The van der Waals surface area contributed by atoms with E-state index in [9.17, 15) is 43.2 Å². The van der Waals surface area contributed by atoms with Gasteiger partial charge in [0.1, 0.15) is 19.3 Å². The Bertz CT molecular complexity index is 1990. The summed E-state index contributed by atoms with van der Waals surface area (Å²) in [6.45, 7) is 14.3. The topological polar surface area (TPSA) is 237 Å². The highest BCUT2D eigenvalue weighted by atomic mass is 31.2. The van der Waals surface area contributed by atoms with Crippen LogP contribution in [0.15, 0.2) is 0 Å². The number of unbranched alkanes of at least 4 members (excludes halogenated alkanes) is 46. The highest BCUT2D eigenvalue weighted by Gasteiger charge is 2.30. The predicted molar refractivity (Wildman–Crippen MR) is 418 cm³/mol. The fraction of sp³-hybridized carbons (Fsp3) is 0.952. The molecule has 2 unspecified atom stereocenters. The van der Waals surface area contributed by atoms with E-state index < -0.39 is 97.5 Å². The number of hydrogen-bond acceptors (Lipinski definition) is 15. The van der Waals surface area contributed by atoms with Crippen molar-refractivity contribution in [2.45, 2.75) is 446 Å². The zero-order valence-corrected chi connectivity index (χ0v) is 69.0. The van der Waals surface area contributed by atoms with Crippen LogP contribution in [0.1, 0.15) is 428 Å². The van der Waals surface area contributed by atoms with Crippen molar-refractivity contribution in [3.8, 4) is 0 Å². The van der Waals surface area contributed by atoms with E-state index in [0.29, 0.717) is 25.7 Å². The van der Waals surface area contributed by atoms with E-state index >= 15 is 0 Å². The Hall–Kier alpha value is -1.94. The Morgan fingerprint density at radius 3 is 0.608 bits per heavy atom. The first-order valence-corrected chi connectivity index (χ1v) is 45.7. The number of ether oxygens (including phenoxy) is 4. The maximum atomic E-state index is 13.1. The molecule has 606 valence electrons. The van der Waals surface area contributed by atoms with Gasteiger partial charge in [-0.3, -0.25) is 37.3 Å². The lowest BCUT2D eigenvalue weighted by atomic mass is 10.0. The number of carbonyl (C=O) groups excluding carboxylic acids is 4. The van der Waals surface area contributed by atoms with Gasteiger partial charge in [-0.1, -0.05) is 376 Å². The van der Waals surface area contributed by atoms with Gasteiger partial charge in [-0.25, -0.2) is 9.13 Å². The van der Waals surface area contributed by atoms with Crippen LogP contribution >= 0.6 is 15.6 Å². The summed E-state index contributed by atoms with van der Waals surface area (Å²) in [4.78, 5) is 73.1. The van der Waals surface area contributed by atoms with Gasteiger partial charge in [0.05, 0.1) is 26.4 Å². The van der Waals surface area contributed by atoms with Gasteiger partial charge in [-0.2, -0.15) is 0 Å². The molecule has 0 saturated carbocycles. The summed E-state index contributed by atoms with van der Waals surface area (Å²) in [5.74, 6) is 1.01. The quantitative estimate of drug-likeness (QED) is 0.0222. The number of esters is 4. The molecule has 3 N–H and O–H groups in total. The molecule has 0 saturated heterocycles. The third-order valence-electron chi connectivity index (χ3n) is 19.3. The Morgan fingerprint density at radius 1 is 0.245 bits per heavy atom. The van der Waals surface area contributed by atoms with Gasteiger partial charge < -0.3 is 33.8 Å². The molecule has 0 aromatic rings. The summed E-state index contributed by atoms with van der Waals surface area (Å²) < 4.78 is 68.8. The molecule has 0 heterocycles. The van der Waals surface area contributed by atoms with E-state index in [4.69, 9.17) is 37.0 Å². The second-order valence-electron chi connectivity index (χ2n) is 31.8. The van der Waals surface area contributed by atoms with Crippen molar-refractivity contribution in [3.05, 3.63) is 0 Å². The maximum Gasteiger partial charge on any atom is 0.472 e. The Labute approximate surface area is 626 Å². The molecule has 102 heavy (non-hydrogen) atoms. The molecule has 0 aliphatic rings. The molecule has 0 rings (SSSR count). The lowest BCUT2D eigenvalue weighted by Gasteiger charge is -2.21. The second kappa shape index (κ2) is 72.0. The van der Waals surface area contributed by atoms with Crippen molar-refractivity contribution in [1.82, 2.24) is 0 Å². The third-order valence-corrected chi connectivity index (χ3v) is 21.2. The van der Waals surface area contributed by atoms with Crippen LogP contribution in [0, 0.1) is 23.7 Å². The van der Waals surface area contributed by atoms with Crippen molar-refractivity contribution in [1.29, 1.82) is 0 Å². The fourth-order valence-corrected chi connectivity index (χ4v) is 14.4. The van der Waals surface area contributed by atoms with E-state index in [1.165, 1.54) is 231 Å². The Morgan fingerprint density at radius 2 is 0.412 bits per heavy atom. The van der Waals surface area contributed by atoms with E-state index in [-0.39, 0.29) is 25.7 Å². The molecule has 0 aromatic heterocycles. The van der Waals surface area contributed by atoms with Gasteiger partial charge in [0, 0.05) is 25.7 Å². The number of aliphatic hydroxyl groups is 1. The zero-order valence-electron chi connectivity index (χ0n) is 67.2. The average Bonchev–Trinajstić information content (AvgIpc) is 0.922. The van der Waals surface area contributed by atoms with Crippen LogP contribution in [0.3, 0.4) is 0 Å². The Kier molecular flexibility index (Phi) is 70.6. The molecule has 19 heteroatoms. The highest BCUT2D eigenvalue weighted by molar-refractivity contribution is 7.47. The van der Waals surface area contributed by atoms with Crippen LogP contribution in [-0.4, -0.2) is 96.7 Å². The van der Waals surface area contributed by atoms with E-state index in [0.717, 1.165) is 114 Å². The molecule has 0 bridgehead atoms. The fourth-order valence-electron chi connectivity index (χ4n) is 12.8. The summed E-state index contributed by atoms with van der Waals surface area (Å²) >= 11 is 0. The first-order chi connectivity index (χ1) is 49.1. The van der Waals surface area contributed by atoms with Gasteiger partial charge in [0.25, 0.3) is 0 Å². The normalized spacial score (nSPS) is 14.0. The number of carbonyl (C=O) groups is 4. The molecular formula is C83H162O17P2. The minimum atomic E-state index is -4.96. The molecule has 17 nitrogen and oxygen atoms in total. The first kappa shape index (κ1) is 100. The lowest BCUT2D eigenvalue weighted by molar-refractivity contribution is -0.161. The lowest BCUT2D eigenvalue weighted by Crippen LogP contribution is -2.30. The number of hydrogen-bond donors (Lipinski definition) is 3. The summed E-state index contributed by atoms with van der Waals surface area (Å²) in [7, 11) is -9.93. The van der Waals surface area contributed by atoms with Crippen molar-refractivity contribution >= 4 is 39.5 Å². The molecule has 0 spiro atoms. The van der Waals surface area contributed by atoms with Crippen LogP contribution in [0.4, 0.5) is 0 Å². The zero-order chi connectivity index (χ0) is 75.3. The molecule has 0 fully saturated rings. The van der Waals surface area contributed by atoms with Crippen molar-refractivity contribution in [2.24, 2.45) is 23.7 Å². The van der Waals surface area contributed by atoms with Crippen LogP contribution in [-0.2, 0) is 65.4 Å². The van der Waals surface area contributed by atoms with E-state index in [2.05, 4.69) is 55.4 Å². The molecular weight excluding hydrogens is 1330 g/mol. The third kappa shape index (κ3) is 76.3. The summed E-state index contributed by atoms with van der Waals surface area (Å²) in [5, 5.41) is 10.7. The second-order valence-corrected chi connectivity index (χ2v) is 34.7. The maximum absolute atomic E-state index is 13.1. The minimum Gasteiger partial charge on any atom is -0.462 e. The van der Waals surface area contributed by atoms with Gasteiger partial charge in [-0.05, 0) is 49.4 Å². The molecule has 0 aliphatic carbocycles. The minimum absolute atomic E-state index is 0.106. The van der Waals surface area contributed by atoms with Gasteiger partial charge in [-0.15, -0.1) is 0 Å². The van der Waals surface area contributed by atoms with Crippen LogP contribution in [0.2, 0.25) is 0 Å². The standard InChI is InChI=1S/C83H162O17P2/c1-73(2)59-51-43-35-27-19-15-11-9-10-12-18-22-33-41-49-57-65-82(87)99-78(69-93-80(85)63-55-47-39-31-21-17-14-13-16-20-28-36-44-52-60-74(3)4)71-97-101(89,90)95-67-77(84)68-96-102(91,92)98-72-79(100-83(88)66-58-50-42-34-26-24-30-38-46-54-62-76(7)8)70-94-81(86)64-56-48-40-32-25-23-29-37-45-53-61-75(5)6/h73-79,84H,9-72H2,1-8H3,(H,89,90)(H,91,92)/t77-,78-,79-/m1/s1. The van der Waals surface area contributed by atoms with Crippen LogP contribution in [0.25, 0.3) is 0 Å². The summed E-state index contributed by atoms with van der Waals surface area (Å²) in [6, 6.07) is 0. The molecule has 0 amide bonds. The van der Waals surface area contributed by atoms with Gasteiger partial charge >= 0.3 is 39.5 Å². The number of rotatable bonds is 80. The van der Waals surface area contributed by atoms with Crippen molar-refractivity contribution in [2.75, 3.05) is 39.6 Å². The number of aliphatic hydroxyl groups excluding tert-OH is 1. The van der Waals surface area contributed by atoms with E-state index in [1.54, 1.807) is 0 Å². The molecule has 5 atom stereocenters. The smallest absolute Gasteiger partial charge is 0.462 e. The Balaban J connectivity index is 5.26. The summed E-state index contributed by atoms with van der Waals surface area (Å²) in [5.41, 5.74) is 0. The molecule has 0 aliphatic heterocycles. The highest BCUT2D eigenvalue weighted by Crippen LogP contribution is 2.45. The van der Waals surface area contributed by atoms with Crippen molar-refractivity contribution < 1.29 is 80.2 Å². The molecule has 0 radical (unpaired) electrons. The average molecular weight is 1490 g/mol.